The Bertz CT molecular complexity index is 733. The van der Waals surface area contributed by atoms with Crippen molar-refractivity contribution in [2.45, 2.75) is 25.9 Å². The van der Waals surface area contributed by atoms with Gasteiger partial charge in [0.05, 0.1) is 18.7 Å². The first-order chi connectivity index (χ1) is 12.7. The van der Waals surface area contributed by atoms with E-state index in [4.69, 9.17) is 15.2 Å². The molecule has 138 valence electrons. The van der Waals surface area contributed by atoms with E-state index in [1.165, 1.54) is 0 Å². The zero-order valence-electron chi connectivity index (χ0n) is 15.2. The first kappa shape index (κ1) is 18.3. The number of hydrogen-bond donors (Lipinski definition) is 1. The molecule has 1 amide bonds. The molecular formula is C21H26N2O3. The summed E-state index contributed by atoms with van der Waals surface area (Å²) in [6.07, 6.45) is 1.61. The van der Waals surface area contributed by atoms with E-state index in [0.29, 0.717) is 37.6 Å². The molecule has 0 aromatic heterocycles. The smallest absolute Gasteiger partial charge is 0.257 e. The Morgan fingerprint density at radius 2 is 2.04 bits per heavy atom. The number of benzene rings is 2. The van der Waals surface area contributed by atoms with Crippen molar-refractivity contribution >= 4 is 5.91 Å². The van der Waals surface area contributed by atoms with Gasteiger partial charge in [-0.1, -0.05) is 24.3 Å². The van der Waals surface area contributed by atoms with Crippen LogP contribution in [0, 0.1) is 6.92 Å². The third-order valence-electron chi connectivity index (χ3n) is 4.45. The lowest BCUT2D eigenvalue weighted by Gasteiger charge is -2.19. The van der Waals surface area contributed by atoms with Gasteiger partial charge in [0.2, 0.25) is 0 Å². The van der Waals surface area contributed by atoms with E-state index < -0.39 is 0 Å². The van der Waals surface area contributed by atoms with Gasteiger partial charge in [0.15, 0.2) is 0 Å². The standard InChI is InChI=1S/C21H26N2O3/c1-16-8-9-19(20(14-16)25-13-5-11-22)21(24)23-12-10-18(15-23)26-17-6-3-2-4-7-17/h2-4,6-9,14,18H,5,10-13,15,22H2,1H3/t18-/m1/s1. The highest BCUT2D eigenvalue weighted by Gasteiger charge is 2.29. The summed E-state index contributed by atoms with van der Waals surface area (Å²) < 4.78 is 11.8. The van der Waals surface area contributed by atoms with Crippen LogP contribution in [0.2, 0.25) is 0 Å². The van der Waals surface area contributed by atoms with E-state index in [2.05, 4.69) is 0 Å². The lowest BCUT2D eigenvalue weighted by molar-refractivity contribution is 0.0768. The quantitative estimate of drug-likeness (QED) is 0.776. The van der Waals surface area contributed by atoms with Crippen LogP contribution >= 0.6 is 0 Å². The fraction of sp³-hybridized carbons (Fsp3) is 0.381. The average Bonchev–Trinajstić information content (AvgIpc) is 3.11. The molecule has 2 aromatic rings. The molecule has 1 atom stereocenters. The largest absolute Gasteiger partial charge is 0.493 e. The van der Waals surface area contributed by atoms with Crippen molar-refractivity contribution in [2.24, 2.45) is 5.73 Å². The fourth-order valence-corrected chi connectivity index (χ4v) is 3.06. The maximum Gasteiger partial charge on any atom is 0.257 e. The van der Waals surface area contributed by atoms with Crippen LogP contribution in [0.5, 0.6) is 11.5 Å². The SMILES string of the molecule is Cc1ccc(C(=O)N2CC[C@@H](Oc3ccccc3)C2)c(OCCCN)c1. The second-order valence-electron chi connectivity index (χ2n) is 6.58. The summed E-state index contributed by atoms with van der Waals surface area (Å²) in [6, 6.07) is 15.4. The molecule has 2 aromatic carbocycles. The summed E-state index contributed by atoms with van der Waals surface area (Å²) in [5.74, 6) is 1.47. The van der Waals surface area contributed by atoms with Gasteiger partial charge in [0.25, 0.3) is 5.91 Å². The molecule has 1 aliphatic heterocycles. The number of amides is 1. The maximum absolute atomic E-state index is 13.0. The number of carbonyl (C=O) groups is 1. The van der Waals surface area contributed by atoms with Crippen molar-refractivity contribution in [1.29, 1.82) is 0 Å². The Kier molecular flexibility index (Phi) is 6.12. The minimum absolute atomic E-state index is 0.00749. The third-order valence-corrected chi connectivity index (χ3v) is 4.45. The molecule has 0 bridgehead atoms. The molecule has 0 unspecified atom stereocenters. The molecule has 0 saturated carbocycles. The molecule has 1 aliphatic rings. The highest BCUT2D eigenvalue weighted by molar-refractivity contribution is 5.97. The first-order valence-corrected chi connectivity index (χ1v) is 9.12. The van der Waals surface area contributed by atoms with E-state index in [1.807, 2.05) is 60.4 Å². The van der Waals surface area contributed by atoms with Gasteiger partial charge in [-0.15, -0.1) is 0 Å². The van der Waals surface area contributed by atoms with Crippen LogP contribution in [0.3, 0.4) is 0 Å². The molecular weight excluding hydrogens is 328 g/mol. The van der Waals surface area contributed by atoms with Gasteiger partial charge in [-0.3, -0.25) is 4.79 Å². The first-order valence-electron chi connectivity index (χ1n) is 9.12. The zero-order valence-corrected chi connectivity index (χ0v) is 15.2. The molecule has 1 heterocycles. The summed E-state index contributed by atoms with van der Waals surface area (Å²) in [4.78, 5) is 14.8. The lowest BCUT2D eigenvalue weighted by Crippen LogP contribution is -2.31. The number of ether oxygens (including phenoxy) is 2. The van der Waals surface area contributed by atoms with E-state index in [1.54, 1.807) is 0 Å². The minimum atomic E-state index is -0.00749. The molecule has 5 heteroatoms. The van der Waals surface area contributed by atoms with E-state index in [0.717, 1.165) is 24.2 Å². The van der Waals surface area contributed by atoms with Crippen molar-refractivity contribution in [3.8, 4) is 11.5 Å². The summed E-state index contributed by atoms with van der Waals surface area (Å²) in [5.41, 5.74) is 7.20. The number of likely N-dealkylation sites (tertiary alicyclic amines) is 1. The average molecular weight is 354 g/mol. The van der Waals surface area contributed by atoms with Gasteiger partial charge >= 0.3 is 0 Å². The van der Waals surface area contributed by atoms with Crippen LogP contribution in [-0.4, -0.2) is 43.2 Å². The molecule has 0 spiro atoms. The van der Waals surface area contributed by atoms with Crippen molar-refractivity contribution in [2.75, 3.05) is 26.2 Å². The number of para-hydroxylation sites is 1. The molecule has 0 aliphatic carbocycles. The molecule has 1 saturated heterocycles. The van der Waals surface area contributed by atoms with Crippen molar-refractivity contribution < 1.29 is 14.3 Å². The van der Waals surface area contributed by atoms with Crippen molar-refractivity contribution in [3.05, 3.63) is 59.7 Å². The predicted molar refractivity (Wildman–Crippen MR) is 102 cm³/mol. The van der Waals surface area contributed by atoms with Gasteiger partial charge in [0, 0.05) is 13.0 Å². The summed E-state index contributed by atoms with van der Waals surface area (Å²) >= 11 is 0. The zero-order chi connectivity index (χ0) is 18.4. The number of aryl methyl sites for hydroxylation is 1. The second kappa shape index (κ2) is 8.72. The summed E-state index contributed by atoms with van der Waals surface area (Å²) in [7, 11) is 0. The van der Waals surface area contributed by atoms with Crippen LogP contribution in [0.15, 0.2) is 48.5 Å². The molecule has 0 radical (unpaired) electrons. The number of nitrogens with two attached hydrogens (primary N) is 1. The van der Waals surface area contributed by atoms with Crippen LogP contribution in [0.1, 0.15) is 28.8 Å². The van der Waals surface area contributed by atoms with Crippen LogP contribution in [0.25, 0.3) is 0 Å². The number of rotatable bonds is 7. The minimum Gasteiger partial charge on any atom is -0.493 e. The number of carbonyl (C=O) groups excluding carboxylic acids is 1. The lowest BCUT2D eigenvalue weighted by atomic mass is 10.1. The topological polar surface area (TPSA) is 64.8 Å². The Morgan fingerprint density at radius 1 is 1.23 bits per heavy atom. The van der Waals surface area contributed by atoms with E-state index in [-0.39, 0.29) is 12.0 Å². The van der Waals surface area contributed by atoms with Gasteiger partial charge in [0.1, 0.15) is 17.6 Å². The Balaban J connectivity index is 1.66. The van der Waals surface area contributed by atoms with Crippen molar-refractivity contribution in [3.63, 3.8) is 0 Å². The monoisotopic (exact) mass is 354 g/mol. The van der Waals surface area contributed by atoms with E-state index in [9.17, 15) is 4.79 Å². The van der Waals surface area contributed by atoms with Gasteiger partial charge in [-0.2, -0.15) is 0 Å². The highest BCUT2D eigenvalue weighted by atomic mass is 16.5. The molecule has 1 fully saturated rings. The fourth-order valence-electron chi connectivity index (χ4n) is 3.06. The van der Waals surface area contributed by atoms with Crippen LogP contribution < -0.4 is 15.2 Å². The third kappa shape index (κ3) is 4.55. The second-order valence-corrected chi connectivity index (χ2v) is 6.58. The maximum atomic E-state index is 13.0. The molecule has 26 heavy (non-hydrogen) atoms. The summed E-state index contributed by atoms with van der Waals surface area (Å²) in [5, 5.41) is 0. The summed E-state index contributed by atoms with van der Waals surface area (Å²) in [6.45, 7) is 4.35. The molecule has 2 N–H and O–H groups in total. The Hall–Kier alpha value is -2.53. The Morgan fingerprint density at radius 3 is 2.81 bits per heavy atom. The highest BCUT2D eigenvalue weighted by Crippen LogP contribution is 2.25. The number of nitrogens with zero attached hydrogens (tertiary/aromatic N) is 1. The normalized spacial score (nSPS) is 16.5. The number of hydrogen-bond acceptors (Lipinski definition) is 4. The van der Waals surface area contributed by atoms with Crippen molar-refractivity contribution in [1.82, 2.24) is 4.90 Å². The van der Waals surface area contributed by atoms with Crippen LogP contribution in [-0.2, 0) is 0 Å². The van der Waals surface area contributed by atoms with Gasteiger partial charge in [-0.25, -0.2) is 0 Å². The van der Waals surface area contributed by atoms with E-state index >= 15 is 0 Å². The van der Waals surface area contributed by atoms with Crippen LogP contribution in [0.4, 0.5) is 0 Å². The van der Waals surface area contributed by atoms with Gasteiger partial charge in [-0.05, 0) is 49.7 Å². The molecule has 5 nitrogen and oxygen atoms in total. The van der Waals surface area contributed by atoms with Gasteiger partial charge < -0.3 is 20.1 Å². The predicted octanol–water partition coefficient (Wildman–Crippen LogP) is 3.02. The Labute approximate surface area is 154 Å². The molecule has 3 rings (SSSR count).